The maximum atomic E-state index is 13.0. The second-order valence-corrected chi connectivity index (χ2v) is 6.40. The van der Waals surface area contributed by atoms with Gasteiger partial charge < -0.3 is 25.2 Å². The molecule has 6 nitrogen and oxygen atoms in total. The molecule has 2 saturated heterocycles. The number of guanidine groups is 1. The minimum atomic E-state index is -0.204. The molecule has 1 aromatic carbocycles. The summed E-state index contributed by atoms with van der Waals surface area (Å²) in [7, 11) is 2.09. The van der Waals surface area contributed by atoms with E-state index >= 15 is 0 Å². The minimum absolute atomic E-state index is 0. The second-order valence-electron chi connectivity index (χ2n) is 6.40. The topological polar surface area (TPSA) is 57.3 Å². The summed E-state index contributed by atoms with van der Waals surface area (Å²) in [5, 5.41) is 0. The van der Waals surface area contributed by atoms with Gasteiger partial charge in [0, 0.05) is 45.0 Å². The number of aliphatic imine (C=N–C) groups is 1. The summed E-state index contributed by atoms with van der Waals surface area (Å²) >= 11 is 0. The summed E-state index contributed by atoms with van der Waals surface area (Å²) in [4.78, 5) is 11.1. The van der Waals surface area contributed by atoms with Gasteiger partial charge in [-0.05, 0) is 31.3 Å². The van der Waals surface area contributed by atoms with Crippen molar-refractivity contribution in [1.82, 2.24) is 9.80 Å². The van der Waals surface area contributed by atoms with E-state index < -0.39 is 0 Å². The number of hydrogen-bond acceptors (Lipinski definition) is 4. The standard InChI is InChI=1S/C17H26FN5O.HI/c1-21-10-11-24-16(13-21)12-20-17(19)23-8-6-22(7-9-23)15-4-2-14(18)3-5-15;/h2-5,16H,6-13H2,1H3,(H2,19,20);1H. The number of benzene rings is 1. The summed E-state index contributed by atoms with van der Waals surface area (Å²) in [6.07, 6.45) is 0.128. The average molecular weight is 463 g/mol. The van der Waals surface area contributed by atoms with Crippen LogP contribution in [0.2, 0.25) is 0 Å². The molecule has 0 radical (unpaired) electrons. The van der Waals surface area contributed by atoms with Gasteiger partial charge in [0.1, 0.15) is 5.82 Å². The van der Waals surface area contributed by atoms with Gasteiger partial charge in [0.05, 0.1) is 19.3 Å². The molecule has 0 spiro atoms. The number of anilines is 1. The van der Waals surface area contributed by atoms with E-state index in [2.05, 4.69) is 26.7 Å². The van der Waals surface area contributed by atoms with E-state index in [0.717, 1.165) is 51.6 Å². The molecule has 0 bridgehead atoms. The van der Waals surface area contributed by atoms with E-state index in [4.69, 9.17) is 10.5 Å². The van der Waals surface area contributed by atoms with Crippen LogP contribution in [0.25, 0.3) is 0 Å². The Hall–Kier alpha value is -1.13. The number of morpholine rings is 1. The number of hydrogen-bond donors (Lipinski definition) is 1. The number of likely N-dealkylation sites (N-methyl/N-ethyl adjacent to an activating group) is 1. The van der Waals surface area contributed by atoms with E-state index in [1.54, 1.807) is 0 Å². The third kappa shape index (κ3) is 5.68. The van der Waals surface area contributed by atoms with Crippen LogP contribution in [0.5, 0.6) is 0 Å². The molecule has 25 heavy (non-hydrogen) atoms. The Balaban J connectivity index is 0.00000225. The van der Waals surface area contributed by atoms with E-state index in [1.807, 2.05) is 12.1 Å². The SMILES string of the molecule is CN1CCOC(CN=C(N)N2CCN(c3ccc(F)cc3)CC2)C1.I. The lowest BCUT2D eigenvalue weighted by atomic mass is 10.2. The fourth-order valence-corrected chi connectivity index (χ4v) is 3.12. The Labute approximate surface area is 165 Å². The number of piperazine rings is 1. The van der Waals surface area contributed by atoms with Gasteiger partial charge in [-0.2, -0.15) is 0 Å². The number of rotatable bonds is 3. The number of nitrogens with zero attached hydrogens (tertiary/aromatic N) is 4. The van der Waals surface area contributed by atoms with Gasteiger partial charge in [0.25, 0.3) is 0 Å². The molecular formula is C17H27FIN5O. The first-order chi connectivity index (χ1) is 11.6. The molecule has 1 atom stereocenters. The molecule has 2 N–H and O–H groups in total. The number of nitrogens with two attached hydrogens (primary N) is 1. The fourth-order valence-electron chi connectivity index (χ4n) is 3.12. The van der Waals surface area contributed by atoms with Gasteiger partial charge in [0.15, 0.2) is 5.96 Å². The molecule has 1 aromatic rings. The molecular weight excluding hydrogens is 436 g/mol. The van der Waals surface area contributed by atoms with Crippen LogP contribution in [0.15, 0.2) is 29.3 Å². The average Bonchev–Trinajstić information content (AvgIpc) is 2.61. The van der Waals surface area contributed by atoms with Crippen LogP contribution >= 0.6 is 24.0 Å². The van der Waals surface area contributed by atoms with Crippen molar-refractivity contribution < 1.29 is 9.13 Å². The Morgan fingerprint density at radius 1 is 1.20 bits per heavy atom. The molecule has 3 rings (SSSR count). The first kappa shape index (κ1) is 20.2. The maximum Gasteiger partial charge on any atom is 0.191 e. The lowest BCUT2D eigenvalue weighted by Gasteiger charge is -2.37. The lowest BCUT2D eigenvalue weighted by Crippen LogP contribution is -2.51. The van der Waals surface area contributed by atoms with Crippen molar-refractivity contribution >= 4 is 35.6 Å². The third-order valence-electron chi connectivity index (χ3n) is 4.59. The second kappa shape index (κ2) is 9.54. The van der Waals surface area contributed by atoms with Gasteiger partial charge >= 0.3 is 0 Å². The third-order valence-corrected chi connectivity index (χ3v) is 4.59. The molecule has 2 aliphatic heterocycles. The van der Waals surface area contributed by atoms with Gasteiger partial charge in [-0.1, -0.05) is 0 Å². The van der Waals surface area contributed by atoms with E-state index in [1.165, 1.54) is 12.1 Å². The van der Waals surface area contributed by atoms with Crippen LogP contribution in [0.3, 0.4) is 0 Å². The quantitative estimate of drug-likeness (QED) is 0.415. The van der Waals surface area contributed by atoms with Crippen molar-refractivity contribution in [3.05, 3.63) is 30.1 Å². The van der Waals surface area contributed by atoms with Gasteiger partial charge in [-0.25, -0.2) is 4.39 Å². The first-order valence-electron chi connectivity index (χ1n) is 8.47. The van der Waals surface area contributed by atoms with E-state index in [9.17, 15) is 4.39 Å². The summed E-state index contributed by atoms with van der Waals surface area (Å²) in [5.41, 5.74) is 7.19. The van der Waals surface area contributed by atoms with Crippen LogP contribution in [0.1, 0.15) is 0 Å². The molecule has 1 unspecified atom stereocenters. The van der Waals surface area contributed by atoms with Gasteiger partial charge in [-0.3, -0.25) is 4.99 Å². The number of ether oxygens (including phenoxy) is 1. The predicted octanol–water partition coefficient (Wildman–Crippen LogP) is 1.21. The molecule has 8 heteroatoms. The fraction of sp³-hybridized carbons (Fsp3) is 0.588. The molecule has 0 saturated carbocycles. The predicted molar refractivity (Wildman–Crippen MR) is 109 cm³/mol. The lowest BCUT2D eigenvalue weighted by molar-refractivity contribution is -0.0137. The van der Waals surface area contributed by atoms with Crippen molar-refractivity contribution in [2.24, 2.45) is 10.7 Å². The summed E-state index contributed by atoms with van der Waals surface area (Å²) < 4.78 is 18.7. The van der Waals surface area contributed by atoms with Crippen LogP contribution in [0.4, 0.5) is 10.1 Å². The summed E-state index contributed by atoms with van der Waals surface area (Å²) in [6, 6.07) is 6.64. The Morgan fingerprint density at radius 3 is 2.52 bits per heavy atom. The zero-order valence-corrected chi connectivity index (χ0v) is 16.9. The maximum absolute atomic E-state index is 13.0. The minimum Gasteiger partial charge on any atom is -0.374 e. The molecule has 0 amide bonds. The van der Waals surface area contributed by atoms with Crippen LogP contribution in [-0.2, 0) is 4.74 Å². The zero-order chi connectivity index (χ0) is 16.9. The Morgan fingerprint density at radius 2 is 1.88 bits per heavy atom. The van der Waals surface area contributed by atoms with Crippen molar-refractivity contribution in [2.45, 2.75) is 6.10 Å². The van der Waals surface area contributed by atoms with Crippen molar-refractivity contribution in [3.8, 4) is 0 Å². The summed E-state index contributed by atoms with van der Waals surface area (Å²) in [6.45, 7) is 6.57. The highest BCUT2D eigenvalue weighted by Crippen LogP contribution is 2.16. The van der Waals surface area contributed by atoms with Crippen LogP contribution in [-0.4, -0.2) is 81.3 Å². The molecule has 140 valence electrons. The van der Waals surface area contributed by atoms with Crippen molar-refractivity contribution in [3.63, 3.8) is 0 Å². The first-order valence-corrected chi connectivity index (χ1v) is 8.47. The van der Waals surface area contributed by atoms with Crippen LogP contribution in [0, 0.1) is 5.82 Å². The molecule has 0 aliphatic carbocycles. The molecule has 0 aromatic heterocycles. The molecule has 2 heterocycles. The van der Waals surface area contributed by atoms with Crippen molar-refractivity contribution in [2.75, 3.05) is 64.4 Å². The van der Waals surface area contributed by atoms with Crippen LogP contribution < -0.4 is 10.6 Å². The molecule has 2 aliphatic rings. The largest absolute Gasteiger partial charge is 0.374 e. The Bertz CT molecular complexity index is 563. The smallest absolute Gasteiger partial charge is 0.191 e. The van der Waals surface area contributed by atoms with E-state index in [0.29, 0.717) is 12.5 Å². The highest BCUT2D eigenvalue weighted by Gasteiger charge is 2.20. The zero-order valence-electron chi connectivity index (χ0n) is 14.6. The van der Waals surface area contributed by atoms with Crippen molar-refractivity contribution in [1.29, 1.82) is 0 Å². The number of halogens is 2. The highest BCUT2D eigenvalue weighted by atomic mass is 127. The van der Waals surface area contributed by atoms with Gasteiger partial charge in [-0.15, -0.1) is 24.0 Å². The summed E-state index contributed by atoms with van der Waals surface area (Å²) in [5.74, 6) is 0.384. The Kier molecular flexibility index (Phi) is 7.70. The van der Waals surface area contributed by atoms with Gasteiger partial charge in [0.2, 0.25) is 0 Å². The monoisotopic (exact) mass is 463 g/mol. The van der Waals surface area contributed by atoms with E-state index in [-0.39, 0.29) is 35.9 Å². The highest BCUT2D eigenvalue weighted by molar-refractivity contribution is 14.0. The normalized spacial score (nSPS) is 22.6. The molecule has 2 fully saturated rings.